The third kappa shape index (κ3) is 2.64. The summed E-state index contributed by atoms with van der Waals surface area (Å²) in [6.07, 6.45) is 0. The lowest BCUT2D eigenvalue weighted by Crippen LogP contribution is -2.24. The molecule has 1 heterocycles. The Kier molecular flexibility index (Phi) is 4.17. The highest BCUT2D eigenvalue weighted by Gasteiger charge is 2.23. The van der Waals surface area contributed by atoms with Crippen LogP contribution in [-0.2, 0) is 0 Å². The van der Waals surface area contributed by atoms with Gasteiger partial charge in [0, 0.05) is 10.5 Å². The van der Waals surface area contributed by atoms with Crippen LogP contribution >= 0.6 is 15.9 Å². The number of fused-ring (bicyclic) bond motifs is 1. The summed E-state index contributed by atoms with van der Waals surface area (Å²) in [4.78, 5) is 0. The van der Waals surface area contributed by atoms with E-state index >= 15 is 0 Å². The van der Waals surface area contributed by atoms with Gasteiger partial charge in [0.2, 0.25) is 0 Å². The molecule has 0 aliphatic carbocycles. The fourth-order valence-corrected chi connectivity index (χ4v) is 2.62. The summed E-state index contributed by atoms with van der Waals surface area (Å²) in [6, 6.07) is 3.95. The first-order valence-electron chi connectivity index (χ1n) is 6.35. The van der Waals surface area contributed by atoms with Crippen LogP contribution in [0.15, 0.2) is 16.6 Å². The predicted molar refractivity (Wildman–Crippen MR) is 76.1 cm³/mol. The van der Waals surface area contributed by atoms with Crippen molar-refractivity contribution in [3.8, 4) is 11.5 Å². The maximum absolute atomic E-state index is 6.35. The second-order valence-electron chi connectivity index (χ2n) is 5.15. The van der Waals surface area contributed by atoms with Crippen molar-refractivity contribution in [1.29, 1.82) is 0 Å². The Morgan fingerprint density at radius 2 is 1.67 bits per heavy atom. The quantitative estimate of drug-likeness (QED) is 0.928. The van der Waals surface area contributed by atoms with E-state index < -0.39 is 0 Å². The Bertz CT molecular complexity index is 434. The fourth-order valence-electron chi connectivity index (χ4n) is 2.03. The molecule has 0 saturated heterocycles. The van der Waals surface area contributed by atoms with E-state index in [9.17, 15) is 0 Å². The van der Waals surface area contributed by atoms with E-state index in [0.29, 0.717) is 25.0 Å². The summed E-state index contributed by atoms with van der Waals surface area (Å²) in [5.41, 5.74) is 7.43. The average Bonchev–Trinajstić information content (AvgIpc) is 2.36. The van der Waals surface area contributed by atoms with E-state index in [1.54, 1.807) is 0 Å². The molecule has 0 saturated carbocycles. The zero-order valence-corrected chi connectivity index (χ0v) is 12.7. The van der Waals surface area contributed by atoms with Crippen molar-refractivity contribution in [2.75, 3.05) is 13.2 Å². The molecule has 0 spiro atoms. The van der Waals surface area contributed by atoms with E-state index in [0.717, 1.165) is 21.5 Å². The first kappa shape index (κ1) is 13.7. The van der Waals surface area contributed by atoms with Crippen LogP contribution in [-0.4, -0.2) is 13.2 Å². The number of benzene rings is 1. The Balaban J connectivity index is 2.33. The Labute approximate surface area is 117 Å². The van der Waals surface area contributed by atoms with E-state index in [2.05, 4.69) is 36.7 Å². The summed E-state index contributed by atoms with van der Waals surface area (Å²) >= 11 is 3.58. The maximum atomic E-state index is 6.35. The predicted octanol–water partition coefficient (Wildman–Crippen LogP) is 3.51. The lowest BCUT2D eigenvalue weighted by atomic mass is 9.86. The molecular formula is C14H20BrNO2. The van der Waals surface area contributed by atoms with Gasteiger partial charge in [-0.15, -0.1) is 0 Å². The molecule has 0 aromatic heterocycles. The van der Waals surface area contributed by atoms with Crippen LogP contribution in [0.25, 0.3) is 0 Å². The molecule has 4 heteroatoms. The standard InChI is InChI=1S/C14H20BrNO2/c1-8(2)9(3)14(16)10-6-12-13(7-11(10)15)18-5-4-17-12/h6-9,14H,4-5,16H2,1-3H3. The minimum atomic E-state index is -0.00444. The van der Waals surface area contributed by atoms with Crippen molar-refractivity contribution in [3.63, 3.8) is 0 Å². The van der Waals surface area contributed by atoms with Gasteiger partial charge in [0.25, 0.3) is 0 Å². The number of nitrogens with two attached hydrogens (primary N) is 1. The SMILES string of the molecule is CC(C)C(C)C(N)c1cc2c(cc1Br)OCCO2. The molecule has 2 atom stereocenters. The second-order valence-corrected chi connectivity index (χ2v) is 6.00. The number of hydrogen-bond acceptors (Lipinski definition) is 3. The molecule has 2 rings (SSSR count). The van der Waals surface area contributed by atoms with Crippen molar-refractivity contribution < 1.29 is 9.47 Å². The van der Waals surface area contributed by atoms with Crippen molar-refractivity contribution in [2.24, 2.45) is 17.6 Å². The maximum Gasteiger partial charge on any atom is 0.162 e. The molecular weight excluding hydrogens is 294 g/mol. The van der Waals surface area contributed by atoms with Gasteiger partial charge in [0.05, 0.1) is 0 Å². The van der Waals surface area contributed by atoms with Crippen LogP contribution in [0.1, 0.15) is 32.4 Å². The molecule has 1 aromatic carbocycles. The largest absolute Gasteiger partial charge is 0.486 e. The highest BCUT2D eigenvalue weighted by atomic mass is 79.9. The summed E-state index contributed by atoms with van der Waals surface area (Å²) in [5, 5.41) is 0. The number of ether oxygens (including phenoxy) is 2. The van der Waals surface area contributed by atoms with Gasteiger partial charge in [-0.2, -0.15) is 0 Å². The van der Waals surface area contributed by atoms with E-state index in [1.165, 1.54) is 0 Å². The average molecular weight is 314 g/mol. The smallest absolute Gasteiger partial charge is 0.162 e. The Hall–Kier alpha value is -0.740. The monoisotopic (exact) mass is 313 g/mol. The van der Waals surface area contributed by atoms with Crippen molar-refractivity contribution in [2.45, 2.75) is 26.8 Å². The van der Waals surface area contributed by atoms with Gasteiger partial charge < -0.3 is 15.2 Å². The highest BCUT2D eigenvalue weighted by molar-refractivity contribution is 9.10. The van der Waals surface area contributed by atoms with Crippen molar-refractivity contribution in [3.05, 3.63) is 22.2 Å². The summed E-state index contributed by atoms with van der Waals surface area (Å²) < 4.78 is 12.2. The van der Waals surface area contributed by atoms with Crippen LogP contribution in [0.2, 0.25) is 0 Å². The zero-order valence-electron chi connectivity index (χ0n) is 11.1. The van der Waals surface area contributed by atoms with Gasteiger partial charge in [-0.05, 0) is 29.5 Å². The first-order chi connectivity index (χ1) is 8.50. The molecule has 2 N–H and O–H groups in total. The third-order valence-corrected chi connectivity index (χ3v) is 4.33. The third-order valence-electron chi connectivity index (χ3n) is 3.64. The van der Waals surface area contributed by atoms with Crippen LogP contribution in [0, 0.1) is 11.8 Å². The Morgan fingerprint density at radius 3 is 2.22 bits per heavy atom. The molecule has 2 unspecified atom stereocenters. The normalized spacial score (nSPS) is 17.7. The molecule has 1 aliphatic rings. The van der Waals surface area contributed by atoms with Crippen LogP contribution in [0.5, 0.6) is 11.5 Å². The van der Waals surface area contributed by atoms with Gasteiger partial charge >= 0.3 is 0 Å². The van der Waals surface area contributed by atoms with Gasteiger partial charge in [0.1, 0.15) is 13.2 Å². The fraction of sp³-hybridized carbons (Fsp3) is 0.571. The zero-order chi connectivity index (χ0) is 13.3. The van der Waals surface area contributed by atoms with Gasteiger partial charge in [0.15, 0.2) is 11.5 Å². The van der Waals surface area contributed by atoms with Gasteiger partial charge in [-0.3, -0.25) is 0 Å². The number of rotatable bonds is 3. The van der Waals surface area contributed by atoms with Gasteiger partial charge in [-0.1, -0.05) is 36.7 Å². The minimum absolute atomic E-state index is 0.00444. The van der Waals surface area contributed by atoms with Crippen molar-refractivity contribution in [1.82, 2.24) is 0 Å². The van der Waals surface area contributed by atoms with Crippen LogP contribution < -0.4 is 15.2 Å². The molecule has 3 nitrogen and oxygen atoms in total. The van der Waals surface area contributed by atoms with Crippen molar-refractivity contribution >= 4 is 15.9 Å². The lowest BCUT2D eigenvalue weighted by Gasteiger charge is -2.26. The number of hydrogen-bond donors (Lipinski definition) is 1. The summed E-state index contributed by atoms with van der Waals surface area (Å²) in [5.74, 6) is 2.54. The molecule has 1 aliphatic heterocycles. The molecule has 0 amide bonds. The highest BCUT2D eigenvalue weighted by Crippen LogP contribution is 2.39. The summed E-state index contributed by atoms with van der Waals surface area (Å²) in [7, 11) is 0. The van der Waals surface area contributed by atoms with E-state index in [-0.39, 0.29) is 6.04 Å². The molecule has 0 fully saturated rings. The molecule has 18 heavy (non-hydrogen) atoms. The minimum Gasteiger partial charge on any atom is -0.486 e. The van der Waals surface area contributed by atoms with Crippen LogP contribution in [0.4, 0.5) is 0 Å². The second kappa shape index (κ2) is 5.49. The van der Waals surface area contributed by atoms with E-state index in [1.807, 2.05) is 12.1 Å². The first-order valence-corrected chi connectivity index (χ1v) is 7.14. The lowest BCUT2D eigenvalue weighted by molar-refractivity contribution is 0.171. The summed E-state index contributed by atoms with van der Waals surface area (Å²) in [6.45, 7) is 7.77. The van der Waals surface area contributed by atoms with Crippen LogP contribution in [0.3, 0.4) is 0 Å². The molecule has 0 bridgehead atoms. The van der Waals surface area contributed by atoms with Gasteiger partial charge in [-0.25, -0.2) is 0 Å². The molecule has 0 radical (unpaired) electrons. The Morgan fingerprint density at radius 1 is 1.11 bits per heavy atom. The molecule has 1 aromatic rings. The number of halogens is 1. The molecule has 100 valence electrons. The van der Waals surface area contributed by atoms with E-state index in [4.69, 9.17) is 15.2 Å². The topological polar surface area (TPSA) is 44.5 Å².